The molecule has 0 bridgehead atoms. The summed E-state index contributed by atoms with van der Waals surface area (Å²) in [7, 11) is 0. The number of hydrogen-bond donors (Lipinski definition) is 3. The predicted molar refractivity (Wildman–Crippen MR) is 67.2 cm³/mol. The number of rotatable bonds is 2. The average Bonchev–Trinajstić information content (AvgIpc) is 2.73. The van der Waals surface area contributed by atoms with Crippen LogP contribution in [0.2, 0.25) is 0 Å². The van der Waals surface area contributed by atoms with E-state index in [1.54, 1.807) is 0 Å². The van der Waals surface area contributed by atoms with E-state index in [2.05, 4.69) is 15.3 Å². The Kier molecular flexibility index (Phi) is 2.26. The van der Waals surface area contributed by atoms with Crippen molar-refractivity contribution in [1.29, 1.82) is 0 Å². The Morgan fingerprint density at radius 3 is 2.61 bits per heavy atom. The molecule has 0 saturated carbocycles. The van der Waals surface area contributed by atoms with Crippen molar-refractivity contribution in [2.24, 2.45) is 0 Å². The van der Waals surface area contributed by atoms with E-state index in [4.69, 9.17) is 4.42 Å². The monoisotopic (exact) mass is 243 g/mol. The lowest BCUT2D eigenvalue weighted by Gasteiger charge is -2.00. The van der Waals surface area contributed by atoms with Crippen molar-refractivity contribution in [1.82, 2.24) is 9.97 Å². The van der Waals surface area contributed by atoms with Crippen LogP contribution >= 0.6 is 0 Å². The highest BCUT2D eigenvalue weighted by Crippen LogP contribution is 2.21. The van der Waals surface area contributed by atoms with Crippen molar-refractivity contribution in [3.05, 3.63) is 57.2 Å². The molecule has 6 heteroatoms. The van der Waals surface area contributed by atoms with Crippen molar-refractivity contribution >= 4 is 22.7 Å². The van der Waals surface area contributed by atoms with Gasteiger partial charge in [-0.05, 0) is 12.1 Å². The largest absolute Gasteiger partial charge is 0.424 e. The minimum Gasteiger partial charge on any atom is -0.424 e. The first kappa shape index (κ1) is 10.4. The molecule has 0 fully saturated rings. The third kappa shape index (κ3) is 1.80. The lowest BCUT2D eigenvalue weighted by Crippen LogP contribution is -2.20. The van der Waals surface area contributed by atoms with Gasteiger partial charge in [-0.25, -0.2) is 4.79 Å². The standard InChI is InChI=1S/C12H9N3O3/c16-10-8-6-9(13-7-4-2-1-3-5-7)18-11(8)15-12(17)14-10/h1-6,13H,(H2,14,15,16,17). The Balaban J connectivity index is 2.07. The maximum atomic E-state index is 11.5. The van der Waals surface area contributed by atoms with Gasteiger partial charge in [-0.3, -0.25) is 14.8 Å². The summed E-state index contributed by atoms with van der Waals surface area (Å²) in [5.41, 5.74) is -0.0794. The molecule has 2 aromatic heterocycles. The Morgan fingerprint density at radius 1 is 1.06 bits per heavy atom. The fourth-order valence-corrected chi connectivity index (χ4v) is 1.68. The normalized spacial score (nSPS) is 10.7. The zero-order valence-corrected chi connectivity index (χ0v) is 9.19. The van der Waals surface area contributed by atoms with Gasteiger partial charge >= 0.3 is 5.69 Å². The lowest BCUT2D eigenvalue weighted by atomic mass is 10.3. The van der Waals surface area contributed by atoms with E-state index in [1.807, 2.05) is 30.3 Å². The number of H-pyrrole nitrogens is 2. The number of anilines is 2. The number of nitrogens with one attached hydrogen (secondary N) is 3. The molecule has 0 atom stereocenters. The Hall–Kier alpha value is -2.76. The molecule has 3 N–H and O–H groups in total. The van der Waals surface area contributed by atoms with E-state index in [0.717, 1.165) is 5.69 Å². The molecule has 3 aromatic rings. The number of para-hydroxylation sites is 1. The maximum absolute atomic E-state index is 11.5. The minimum atomic E-state index is -0.590. The molecule has 90 valence electrons. The smallest absolute Gasteiger partial charge is 0.328 e. The van der Waals surface area contributed by atoms with Crippen LogP contribution in [0.5, 0.6) is 0 Å². The summed E-state index contributed by atoms with van der Waals surface area (Å²) < 4.78 is 5.35. The van der Waals surface area contributed by atoms with E-state index < -0.39 is 11.2 Å². The van der Waals surface area contributed by atoms with Crippen LogP contribution in [0.15, 0.2) is 50.4 Å². The van der Waals surface area contributed by atoms with Gasteiger partial charge < -0.3 is 9.73 Å². The van der Waals surface area contributed by atoms with E-state index in [0.29, 0.717) is 11.3 Å². The molecule has 18 heavy (non-hydrogen) atoms. The van der Waals surface area contributed by atoms with Crippen molar-refractivity contribution in [3.8, 4) is 0 Å². The molecule has 2 heterocycles. The number of aromatic nitrogens is 2. The highest BCUT2D eigenvalue weighted by atomic mass is 16.4. The molecule has 1 aromatic carbocycles. The fourth-order valence-electron chi connectivity index (χ4n) is 1.68. The number of hydrogen-bond acceptors (Lipinski definition) is 4. The van der Waals surface area contributed by atoms with Gasteiger partial charge in [-0.2, -0.15) is 0 Å². The first-order valence-electron chi connectivity index (χ1n) is 5.30. The van der Waals surface area contributed by atoms with Gasteiger partial charge in [-0.1, -0.05) is 18.2 Å². The van der Waals surface area contributed by atoms with Gasteiger partial charge in [0.25, 0.3) is 5.56 Å². The first-order valence-corrected chi connectivity index (χ1v) is 5.30. The molecule has 3 rings (SSSR count). The van der Waals surface area contributed by atoms with Gasteiger partial charge in [0, 0.05) is 11.8 Å². The van der Waals surface area contributed by atoms with E-state index >= 15 is 0 Å². The van der Waals surface area contributed by atoms with Crippen LogP contribution in [-0.2, 0) is 0 Å². The van der Waals surface area contributed by atoms with Crippen LogP contribution in [0.1, 0.15) is 0 Å². The fraction of sp³-hybridized carbons (Fsp3) is 0. The summed E-state index contributed by atoms with van der Waals surface area (Å²) in [6.45, 7) is 0. The van der Waals surface area contributed by atoms with Crippen molar-refractivity contribution in [3.63, 3.8) is 0 Å². The molecular formula is C12H9N3O3. The molecule has 0 aliphatic heterocycles. The second-order valence-corrected chi connectivity index (χ2v) is 3.75. The SMILES string of the molecule is O=c1[nH]c(=O)c2cc(Nc3ccccc3)oc2[nH]1. The maximum Gasteiger partial charge on any atom is 0.328 e. The third-order valence-corrected chi connectivity index (χ3v) is 2.47. The van der Waals surface area contributed by atoms with Gasteiger partial charge in [0.2, 0.25) is 11.6 Å². The molecule has 6 nitrogen and oxygen atoms in total. The predicted octanol–water partition coefficient (Wildman–Crippen LogP) is 1.55. The second-order valence-electron chi connectivity index (χ2n) is 3.75. The van der Waals surface area contributed by atoms with E-state index in [-0.39, 0.29) is 5.71 Å². The van der Waals surface area contributed by atoms with E-state index in [1.165, 1.54) is 6.07 Å². The topological polar surface area (TPSA) is 90.9 Å². The molecule has 0 amide bonds. The van der Waals surface area contributed by atoms with Gasteiger partial charge in [0.05, 0.1) is 0 Å². The quantitative estimate of drug-likeness (QED) is 0.636. The third-order valence-electron chi connectivity index (χ3n) is 2.47. The number of benzene rings is 1. The molecule has 0 spiro atoms. The highest BCUT2D eigenvalue weighted by molar-refractivity contribution is 5.77. The summed E-state index contributed by atoms with van der Waals surface area (Å²) in [5, 5.41) is 3.30. The van der Waals surface area contributed by atoms with Crippen LogP contribution < -0.4 is 16.6 Å². The summed E-state index contributed by atoms with van der Waals surface area (Å²) in [5.74, 6) is 0.392. The molecule has 0 saturated heterocycles. The molecular weight excluding hydrogens is 234 g/mol. The summed E-state index contributed by atoms with van der Waals surface area (Å²) in [4.78, 5) is 27.1. The first-order chi connectivity index (χ1) is 8.72. The Labute approximate surface area is 100 Å². The van der Waals surface area contributed by atoms with Crippen molar-refractivity contribution < 1.29 is 4.42 Å². The number of aromatic amines is 2. The van der Waals surface area contributed by atoms with Crippen LogP contribution in [-0.4, -0.2) is 9.97 Å². The van der Waals surface area contributed by atoms with Crippen LogP contribution in [0.25, 0.3) is 11.1 Å². The summed E-state index contributed by atoms with van der Waals surface area (Å²) in [6, 6.07) is 10.9. The highest BCUT2D eigenvalue weighted by Gasteiger charge is 2.08. The van der Waals surface area contributed by atoms with Crippen molar-refractivity contribution in [2.75, 3.05) is 5.32 Å². The van der Waals surface area contributed by atoms with Crippen LogP contribution in [0.4, 0.5) is 11.6 Å². The van der Waals surface area contributed by atoms with Gasteiger partial charge in [0.15, 0.2) is 0 Å². The molecule has 0 radical (unpaired) electrons. The lowest BCUT2D eigenvalue weighted by molar-refractivity contribution is 0.618. The number of fused-ring (bicyclic) bond motifs is 1. The zero-order valence-electron chi connectivity index (χ0n) is 9.19. The molecule has 0 aliphatic rings. The Morgan fingerprint density at radius 2 is 1.83 bits per heavy atom. The minimum absolute atomic E-state index is 0.155. The zero-order chi connectivity index (χ0) is 12.5. The Bertz CT molecular complexity index is 799. The molecule has 0 unspecified atom stereocenters. The summed E-state index contributed by atoms with van der Waals surface area (Å²) >= 11 is 0. The summed E-state index contributed by atoms with van der Waals surface area (Å²) in [6.07, 6.45) is 0. The van der Waals surface area contributed by atoms with Crippen LogP contribution in [0.3, 0.4) is 0 Å². The average molecular weight is 243 g/mol. The number of furan rings is 1. The van der Waals surface area contributed by atoms with E-state index in [9.17, 15) is 9.59 Å². The van der Waals surface area contributed by atoms with Gasteiger partial charge in [0.1, 0.15) is 5.39 Å². The molecule has 0 aliphatic carbocycles. The van der Waals surface area contributed by atoms with Crippen LogP contribution in [0, 0.1) is 0 Å². The van der Waals surface area contributed by atoms with Crippen molar-refractivity contribution in [2.45, 2.75) is 0 Å². The second kappa shape index (κ2) is 3.92. The van der Waals surface area contributed by atoms with Gasteiger partial charge in [-0.15, -0.1) is 0 Å².